The lowest BCUT2D eigenvalue weighted by atomic mass is 10.1. The predicted molar refractivity (Wildman–Crippen MR) is 91.3 cm³/mol. The summed E-state index contributed by atoms with van der Waals surface area (Å²) in [5.74, 6) is -0.455. The van der Waals surface area contributed by atoms with Crippen LogP contribution in [-0.4, -0.2) is 12.5 Å². The molecule has 0 saturated carbocycles. The lowest BCUT2D eigenvalue weighted by Crippen LogP contribution is -2.22. The number of nitrogens with one attached hydrogen (secondary N) is 2. The molecule has 0 aliphatic heterocycles. The Morgan fingerprint density at radius 1 is 1.24 bits per heavy atom. The molecule has 2 aromatic rings. The summed E-state index contributed by atoms with van der Waals surface area (Å²) in [6.07, 6.45) is 0. The van der Waals surface area contributed by atoms with Crippen molar-refractivity contribution >= 4 is 45.6 Å². The molecule has 0 spiro atoms. The molecule has 4 N–H and O–H groups in total. The van der Waals surface area contributed by atoms with Crippen molar-refractivity contribution in [1.29, 1.82) is 0 Å². The maximum atomic E-state index is 13.1. The number of nitrogens with two attached hydrogens (primary N) is 1. The van der Waals surface area contributed by atoms with Crippen LogP contribution in [0.2, 0.25) is 0 Å². The van der Waals surface area contributed by atoms with Crippen LogP contribution in [0.4, 0.5) is 21.5 Å². The van der Waals surface area contributed by atoms with Crippen molar-refractivity contribution in [2.75, 3.05) is 17.6 Å². The highest BCUT2D eigenvalue weighted by Crippen LogP contribution is 2.27. The molecule has 1 amide bonds. The van der Waals surface area contributed by atoms with Gasteiger partial charge in [0.1, 0.15) is 5.82 Å². The minimum Gasteiger partial charge on any atom is -0.397 e. The third-order valence-electron chi connectivity index (χ3n) is 2.85. The minimum absolute atomic E-state index is 0.158. The second kappa shape index (κ2) is 6.75. The highest BCUT2D eigenvalue weighted by Gasteiger charge is 2.09. The predicted octanol–water partition coefficient (Wildman–Crippen LogP) is 3.51. The first-order valence-electron chi connectivity index (χ1n) is 6.41. The van der Waals surface area contributed by atoms with E-state index in [0.717, 1.165) is 9.26 Å². The van der Waals surface area contributed by atoms with E-state index >= 15 is 0 Å². The summed E-state index contributed by atoms with van der Waals surface area (Å²) < 4.78 is 13.8. The lowest BCUT2D eigenvalue weighted by molar-refractivity contribution is 0.0956. The highest BCUT2D eigenvalue weighted by molar-refractivity contribution is 14.1. The second-order valence-electron chi connectivity index (χ2n) is 4.41. The van der Waals surface area contributed by atoms with Crippen molar-refractivity contribution in [1.82, 2.24) is 5.32 Å². The number of hydrogen-bond acceptors (Lipinski definition) is 3. The molecule has 0 unspecified atom stereocenters. The summed E-state index contributed by atoms with van der Waals surface area (Å²) >= 11 is 2.04. The van der Waals surface area contributed by atoms with Gasteiger partial charge in [0.25, 0.3) is 5.91 Å². The molecule has 0 atom stereocenters. The van der Waals surface area contributed by atoms with E-state index < -0.39 is 0 Å². The van der Waals surface area contributed by atoms with Crippen molar-refractivity contribution in [3.63, 3.8) is 0 Å². The largest absolute Gasteiger partial charge is 0.397 e. The van der Waals surface area contributed by atoms with Crippen molar-refractivity contribution in [3.05, 3.63) is 51.3 Å². The monoisotopic (exact) mass is 399 g/mol. The Bertz CT molecular complexity index is 676. The molecule has 0 aliphatic rings. The Hall–Kier alpha value is -1.83. The summed E-state index contributed by atoms with van der Waals surface area (Å²) in [5, 5.41) is 5.86. The molecule has 0 fully saturated rings. The van der Waals surface area contributed by atoms with E-state index in [4.69, 9.17) is 5.73 Å². The fourth-order valence-corrected chi connectivity index (χ4v) is 2.42. The molecule has 4 nitrogen and oxygen atoms in total. The number of halogens is 2. The summed E-state index contributed by atoms with van der Waals surface area (Å²) in [6.45, 7) is 2.41. The Morgan fingerprint density at radius 3 is 2.67 bits per heavy atom. The van der Waals surface area contributed by atoms with Gasteiger partial charge in [-0.05, 0) is 65.9 Å². The molecule has 0 aromatic heterocycles. The average Bonchev–Trinajstić information content (AvgIpc) is 2.44. The number of rotatable bonds is 4. The zero-order valence-electron chi connectivity index (χ0n) is 11.4. The summed E-state index contributed by atoms with van der Waals surface area (Å²) in [7, 11) is 0. The van der Waals surface area contributed by atoms with Gasteiger partial charge in [-0.1, -0.05) is 0 Å². The molecule has 0 radical (unpaired) electrons. The quantitative estimate of drug-likeness (QED) is 0.545. The summed E-state index contributed by atoms with van der Waals surface area (Å²) in [5.41, 5.74) is 8.30. The minimum atomic E-state index is -0.297. The van der Waals surface area contributed by atoms with Gasteiger partial charge in [0.05, 0.1) is 17.1 Å². The van der Waals surface area contributed by atoms with Crippen molar-refractivity contribution in [3.8, 4) is 0 Å². The molecule has 6 heteroatoms. The van der Waals surface area contributed by atoms with Crippen LogP contribution in [0.5, 0.6) is 0 Å². The standard InChI is InChI=1S/C15H15FIN3O/c1-2-19-15(21)9-3-5-12(18)14(7-9)20-13-6-4-10(16)8-11(13)17/h3-8,20H,2,18H2,1H3,(H,19,21). The molecule has 21 heavy (non-hydrogen) atoms. The van der Waals surface area contributed by atoms with E-state index in [0.29, 0.717) is 23.5 Å². The number of amides is 1. The molecule has 0 heterocycles. The van der Waals surface area contributed by atoms with Crippen molar-refractivity contribution in [2.24, 2.45) is 0 Å². The molecule has 2 rings (SSSR count). The first kappa shape index (κ1) is 15.6. The van der Waals surface area contributed by atoms with Gasteiger partial charge in [0.15, 0.2) is 0 Å². The molecule has 110 valence electrons. The Labute approximate surface area is 136 Å². The van der Waals surface area contributed by atoms with E-state index in [1.807, 2.05) is 29.5 Å². The first-order chi connectivity index (χ1) is 10.0. The third-order valence-corrected chi connectivity index (χ3v) is 3.75. The summed E-state index contributed by atoms with van der Waals surface area (Å²) in [6, 6.07) is 9.45. The lowest BCUT2D eigenvalue weighted by Gasteiger charge is -2.12. The number of nitrogen functional groups attached to an aromatic ring is 1. The van der Waals surface area contributed by atoms with Gasteiger partial charge >= 0.3 is 0 Å². The van der Waals surface area contributed by atoms with Crippen LogP contribution < -0.4 is 16.4 Å². The van der Waals surface area contributed by atoms with Gasteiger partial charge < -0.3 is 16.4 Å². The van der Waals surface area contributed by atoms with Gasteiger partial charge in [0.2, 0.25) is 0 Å². The SMILES string of the molecule is CCNC(=O)c1ccc(N)c(Nc2ccc(F)cc2I)c1. The van der Waals surface area contributed by atoms with Gasteiger partial charge in [-0.3, -0.25) is 4.79 Å². The van der Waals surface area contributed by atoms with E-state index in [2.05, 4.69) is 10.6 Å². The summed E-state index contributed by atoms with van der Waals surface area (Å²) in [4.78, 5) is 11.8. The second-order valence-corrected chi connectivity index (χ2v) is 5.57. The molecule has 0 saturated heterocycles. The number of benzene rings is 2. The van der Waals surface area contributed by atoms with Gasteiger partial charge in [-0.25, -0.2) is 4.39 Å². The van der Waals surface area contributed by atoms with Crippen LogP contribution in [0.15, 0.2) is 36.4 Å². The molecular formula is C15H15FIN3O. The zero-order chi connectivity index (χ0) is 15.4. The van der Waals surface area contributed by atoms with E-state index in [1.165, 1.54) is 12.1 Å². The number of carbonyl (C=O) groups is 1. The van der Waals surface area contributed by atoms with Gasteiger partial charge in [-0.2, -0.15) is 0 Å². The van der Waals surface area contributed by atoms with Crippen LogP contribution in [0.1, 0.15) is 17.3 Å². The average molecular weight is 399 g/mol. The fourth-order valence-electron chi connectivity index (χ4n) is 1.80. The maximum Gasteiger partial charge on any atom is 0.251 e. The van der Waals surface area contributed by atoms with Gasteiger partial charge in [-0.15, -0.1) is 0 Å². The van der Waals surface area contributed by atoms with E-state index in [-0.39, 0.29) is 11.7 Å². The fraction of sp³-hybridized carbons (Fsp3) is 0.133. The third kappa shape index (κ3) is 3.84. The maximum absolute atomic E-state index is 13.1. The normalized spacial score (nSPS) is 10.2. The van der Waals surface area contributed by atoms with E-state index in [1.54, 1.807) is 24.3 Å². The van der Waals surface area contributed by atoms with Crippen LogP contribution in [0.3, 0.4) is 0 Å². The molecule has 0 aliphatic carbocycles. The van der Waals surface area contributed by atoms with Crippen LogP contribution in [0, 0.1) is 9.39 Å². The number of carbonyl (C=O) groups excluding carboxylic acids is 1. The van der Waals surface area contributed by atoms with Crippen LogP contribution in [0.25, 0.3) is 0 Å². The van der Waals surface area contributed by atoms with Crippen LogP contribution in [-0.2, 0) is 0 Å². The zero-order valence-corrected chi connectivity index (χ0v) is 13.6. The molecule has 2 aromatic carbocycles. The van der Waals surface area contributed by atoms with Gasteiger partial charge in [0, 0.05) is 15.7 Å². The molecular weight excluding hydrogens is 384 g/mol. The topological polar surface area (TPSA) is 67.2 Å². The van der Waals surface area contributed by atoms with Crippen molar-refractivity contribution in [2.45, 2.75) is 6.92 Å². The van der Waals surface area contributed by atoms with Crippen LogP contribution >= 0.6 is 22.6 Å². The Kier molecular flexibility index (Phi) is 5.00. The molecule has 0 bridgehead atoms. The number of hydrogen-bond donors (Lipinski definition) is 3. The smallest absolute Gasteiger partial charge is 0.251 e. The van der Waals surface area contributed by atoms with E-state index in [9.17, 15) is 9.18 Å². The Balaban J connectivity index is 2.30. The first-order valence-corrected chi connectivity index (χ1v) is 7.49. The highest BCUT2D eigenvalue weighted by atomic mass is 127. The Morgan fingerprint density at radius 2 is 2.00 bits per heavy atom. The number of anilines is 3. The van der Waals surface area contributed by atoms with Crippen molar-refractivity contribution < 1.29 is 9.18 Å².